The van der Waals surface area contributed by atoms with Crippen LogP contribution in [0.25, 0.3) is 0 Å². The number of nitrogens with zero attached hydrogens (tertiary/aromatic N) is 3. The molecule has 0 bridgehead atoms. The zero-order valence-electron chi connectivity index (χ0n) is 12.7. The molecule has 2 aromatic heterocycles. The van der Waals surface area contributed by atoms with E-state index in [-0.39, 0.29) is 0 Å². The summed E-state index contributed by atoms with van der Waals surface area (Å²) in [5.74, 6) is 1.87. The Morgan fingerprint density at radius 3 is 2.65 bits per heavy atom. The van der Waals surface area contributed by atoms with Crippen molar-refractivity contribution < 1.29 is 4.42 Å². The van der Waals surface area contributed by atoms with Gasteiger partial charge in [0.25, 0.3) is 5.22 Å². The number of hydrogen-bond donors (Lipinski definition) is 1. The van der Waals surface area contributed by atoms with Gasteiger partial charge in [0.1, 0.15) is 5.82 Å². The van der Waals surface area contributed by atoms with Gasteiger partial charge in [-0.15, -0.1) is 10.2 Å². The van der Waals surface area contributed by atoms with E-state index in [0.717, 1.165) is 25.0 Å². The summed E-state index contributed by atoms with van der Waals surface area (Å²) in [5.41, 5.74) is 7.89. The highest BCUT2D eigenvalue weighted by atomic mass is 32.2. The van der Waals surface area contributed by atoms with E-state index < -0.39 is 0 Å². The SMILES string of the molecule is Nc1cccc(CSc2nnc(CCCc3ccccc3)o2)n1. The molecule has 6 heteroatoms. The molecule has 0 fully saturated rings. The quantitative estimate of drug-likeness (QED) is 0.669. The van der Waals surface area contributed by atoms with E-state index in [1.807, 2.05) is 18.2 Å². The molecule has 118 valence electrons. The van der Waals surface area contributed by atoms with E-state index in [9.17, 15) is 0 Å². The fourth-order valence-corrected chi connectivity index (χ4v) is 2.89. The lowest BCUT2D eigenvalue weighted by Gasteiger charge is -1.99. The van der Waals surface area contributed by atoms with E-state index >= 15 is 0 Å². The van der Waals surface area contributed by atoms with Crippen molar-refractivity contribution in [1.29, 1.82) is 0 Å². The van der Waals surface area contributed by atoms with Gasteiger partial charge in [0.2, 0.25) is 5.89 Å². The smallest absolute Gasteiger partial charge is 0.276 e. The summed E-state index contributed by atoms with van der Waals surface area (Å²) >= 11 is 1.47. The summed E-state index contributed by atoms with van der Waals surface area (Å²) in [7, 11) is 0. The van der Waals surface area contributed by atoms with Crippen LogP contribution in [-0.2, 0) is 18.6 Å². The second kappa shape index (κ2) is 7.78. The highest BCUT2D eigenvalue weighted by Gasteiger charge is 2.07. The molecular weight excluding hydrogens is 308 g/mol. The molecule has 0 aliphatic carbocycles. The van der Waals surface area contributed by atoms with Gasteiger partial charge in [-0.2, -0.15) is 0 Å². The molecule has 23 heavy (non-hydrogen) atoms. The highest BCUT2D eigenvalue weighted by Crippen LogP contribution is 2.21. The maximum atomic E-state index is 5.66. The first-order valence-corrected chi connectivity index (χ1v) is 8.49. The topological polar surface area (TPSA) is 77.8 Å². The molecule has 3 rings (SSSR count). The van der Waals surface area contributed by atoms with Gasteiger partial charge in [-0.25, -0.2) is 4.98 Å². The van der Waals surface area contributed by atoms with Crippen LogP contribution < -0.4 is 5.73 Å². The molecule has 2 heterocycles. The van der Waals surface area contributed by atoms with Crippen LogP contribution in [-0.4, -0.2) is 15.2 Å². The third kappa shape index (κ3) is 4.82. The zero-order valence-corrected chi connectivity index (χ0v) is 13.5. The molecule has 3 aromatic rings. The van der Waals surface area contributed by atoms with Crippen LogP contribution in [0.1, 0.15) is 23.6 Å². The average Bonchev–Trinajstić information content (AvgIpc) is 3.02. The first-order chi connectivity index (χ1) is 11.3. The van der Waals surface area contributed by atoms with Crippen LogP contribution in [0.4, 0.5) is 5.82 Å². The second-order valence-electron chi connectivity index (χ2n) is 5.14. The summed E-state index contributed by atoms with van der Waals surface area (Å²) in [4.78, 5) is 4.25. The van der Waals surface area contributed by atoms with Crippen LogP contribution >= 0.6 is 11.8 Å². The van der Waals surface area contributed by atoms with Gasteiger partial charge < -0.3 is 10.2 Å². The third-order valence-electron chi connectivity index (χ3n) is 3.32. The minimum atomic E-state index is 0.523. The van der Waals surface area contributed by atoms with Crippen molar-refractivity contribution in [3.8, 4) is 0 Å². The van der Waals surface area contributed by atoms with Crippen molar-refractivity contribution in [1.82, 2.24) is 15.2 Å². The molecule has 0 amide bonds. The van der Waals surface area contributed by atoms with Crippen LogP contribution in [0, 0.1) is 0 Å². The molecule has 0 saturated heterocycles. The number of aromatic nitrogens is 3. The predicted octanol–water partition coefficient (Wildman–Crippen LogP) is 3.51. The third-order valence-corrected chi connectivity index (χ3v) is 4.17. The molecule has 0 radical (unpaired) electrons. The molecule has 2 N–H and O–H groups in total. The number of rotatable bonds is 7. The maximum Gasteiger partial charge on any atom is 0.276 e. The molecule has 5 nitrogen and oxygen atoms in total. The fourth-order valence-electron chi connectivity index (χ4n) is 2.20. The van der Waals surface area contributed by atoms with Crippen molar-refractivity contribution >= 4 is 17.6 Å². The van der Waals surface area contributed by atoms with Crippen molar-refractivity contribution in [3.63, 3.8) is 0 Å². The second-order valence-corrected chi connectivity index (χ2v) is 6.07. The Morgan fingerprint density at radius 1 is 0.957 bits per heavy atom. The van der Waals surface area contributed by atoms with E-state index in [4.69, 9.17) is 10.2 Å². The van der Waals surface area contributed by atoms with Crippen molar-refractivity contribution in [2.45, 2.75) is 30.2 Å². The number of hydrogen-bond acceptors (Lipinski definition) is 6. The minimum absolute atomic E-state index is 0.523. The lowest BCUT2D eigenvalue weighted by Crippen LogP contribution is -1.93. The largest absolute Gasteiger partial charge is 0.416 e. The van der Waals surface area contributed by atoms with Crippen molar-refractivity contribution in [2.75, 3.05) is 5.73 Å². The predicted molar refractivity (Wildman–Crippen MR) is 91.0 cm³/mol. The Kier molecular flexibility index (Phi) is 5.26. The number of nitrogen functional groups attached to an aromatic ring is 1. The molecule has 1 aromatic carbocycles. The highest BCUT2D eigenvalue weighted by molar-refractivity contribution is 7.98. The van der Waals surface area contributed by atoms with Crippen molar-refractivity contribution in [2.24, 2.45) is 0 Å². The zero-order chi connectivity index (χ0) is 15.9. The monoisotopic (exact) mass is 326 g/mol. The number of thioether (sulfide) groups is 1. The summed E-state index contributed by atoms with van der Waals surface area (Å²) in [5, 5.41) is 8.73. The summed E-state index contributed by atoms with van der Waals surface area (Å²) in [6.45, 7) is 0. The Hall–Kier alpha value is -2.34. The number of anilines is 1. The molecule has 0 aliphatic heterocycles. The molecule has 0 spiro atoms. The number of aryl methyl sites for hydroxylation is 2. The first kappa shape index (κ1) is 15.6. The molecular formula is C17H18N4OS. The number of pyridine rings is 1. The van der Waals surface area contributed by atoms with Gasteiger partial charge in [0.05, 0.1) is 5.69 Å². The van der Waals surface area contributed by atoms with Gasteiger partial charge in [0.15, 0.2) is 0 Å². The van der Waals surface area contributed by atoms with Gasteiger partial charge in [-0.3, -0.25) is 0 Å². The van der Waals surface area contributed by atoms with Crippen LogP contribution in [0.3, 0.4) is 0 Å². The Morgan fingerprint density at radius 2 is 1.83 bits per heavy atom. The molecule has 0 aliphatic rings. The number of benzene rings is 1. The molecule has 0 saturated carbocycles. The van der Waals surface area contributed by atoms with Crippen LogP contribution in [0.2, 0.25) is 0 Å². The lowest BCUT2D eigenvalue weighted by atomic mass is 10.1. The fraction of sp³-hybridized carbons (Fsp3) is 0.235. The molecule has 0 atom stereocenters. The number of nitrogens with two attached hydrogens (primary N) is 1. The van der Waals surface area contributed by atoms with Crippen molar-refractivity contribution in [3.05, 3.63) is 65.7 Å². The summed E-state index contributed by atoms with van der Waals surface area (Å²) in [6.07, 6.45) is 2.80. The Balaban J connectivity index is 1.46. The molecule has 0 unspecified atom stereocenters. The van der Waals surface area contributed by atoms with E-state index in [1.165, 1.54) is 17.3 Å². The maximum absolute atomic E-state index is 5.66. The van der Waals surface area contributed by atoms with Gasteiger partial charge in [-0.1, -0.05) is 48.2 Å². The van der Waals surface area contributed by atoms with E-state index in [2.05, 4.69) is 39.4 Å². The van der Waals surface area contributed by atoms with E-state index in [0.29, 0.717) is 22.7 Å². The Bertz CT molecular complexity index is 745. The van der Waals surface area contributed by atoms with Gasteiger partial charge in [-0.05, 0) is 30.5 Å². The standard InChI is InChI=1S/C17H18N4OS/c18-15-10-5-9-14(19-15)12-23-17-21-20-16(22-17)11-4-8-13-6-2-1-3-7-13/h1-3,5-7,9-10H,4,8,11-12H2,(H2,18,19). The normalized spacial score (nSPS) is 10.8. The van der Waals surface area contributed by atoms with Gasteiger partial charge in [0, 0.05) is 12.2 Å². The first-order valence-electron chi connectivity index (χ1n) is 7.50. The average molecular weight is 326 g/mol. The van der Waals surface area contributed by atoms with Crippen LogP contribution in [0.5, 0.6) is 0 Å². The van der Waals surface area contributed by atoms with E-state index in [1.54, 1.807) is 6.07 Å². The Labute approximate surface area is 139 Å². The lowest BCUT2D eigenvalue weighted by molar-refractivity contribution is 0.409. The summed E-state index contributed by atoms with van der Waals surface area (Å²) < 4.78 is 5.66. The van der Waals surface area contributed by atoms with Gasteiger partial charge >= 0.3 is 0 Å². The van der Waals surface area contributed by atoms with Crippen LogP contribution in [0.15, 0.2) is 58.2 Å². The summed E-state index contributed by atoms with van der Waals surface area (Å²) in [6, 6.07) is 16.0. The minimum Gasteiger partial charge on any atom is -0.416 e.